The molecule has 1 saturated heterocycles. The van der Waals surface area contributed by atoms with Gasteiger partial charge in [-0.25, -0.2) is 0 Å². The van der Waals surface area contributed by atoms with E-state index in [9.17, 15) is 14.9 Å². The summed E-state index contributed by atoms with van der Waals surface area (Å²) in [7, 11) is 0. The molecule has 1 atom stereocenters. The number of thioether (sulfide) groups is 1. The number of nitriles is 1. The first-order valence-electron chi connectivity index (χ1n) is 11.0. The SMILES string of the molecule is CCN(CC)c1c(C=C2SC(=S)N(C(C)c3ccccc3)C2=O)c(C)c(C#N)c(=O)n1CC. The lowest BCUT2D eigenvalue weighted by Gasteiger charge is -2.28. The van der Waals surface area contributed by atoms with Crippen molar-refractivity contribution in [3.8, 4) is 6.07 Å². The quantitative estimate of drug-likeness (QED) is 0.417. The molecule has 0 saturated carbocycles. The largest absolute Gasteiger partial charge is 0.358 e. The van der Waals surface area contributed by atoms with Crippen LogP contribution in [0.5, 0.6) is 0 Å². The Morgan fingerprint density at radius 2 is 1.82 bits per heavy atom. The van der Waals surface area contributed by atoms with Crippen molar-refractivity contribution in [2.45, 2.75) is 47.2 Å². The van der Waals surface area contributed by atoms with E-state index in [1.54, 1.807) is 22.5 Å². The smallest absolute Gasteiger partial charge is 0.270 e. The Morgan fingerprint density at radius 3 is 2.36 bits per heavy atom. The Balaban J connectivity index is 2.18. The van der Waals surface area contributed by atoms with Crippen LogP contribution in [-0.4, -0.2) is 32.8 Å². The van der Waals surface area contributed by atoms with E-state index in [-0.39, 0.29) is 23.1 Å². The minimum absolute atomic E-state index is 0.104. The first-order chi connectivity index (χ1) is 15.8. The van der Waals surface area contributed by atoms with Gasteiger partial charge in [0.05, 0.1) is 10.9 Å². The van der Waals surface area contributed by atoms with E-state index in [0.29, 0.717) is 40.0 Å². The highest BCUT2D eigenvalue weighted by Crippen LogP contribution is 2.39. The monoisotopic (exact) mass is 480 g/mol. The average Bonchev–Trinajstić information content (AvgIpc) is 3.10. The van der Waals surface area contributed by atoms with Gasteiger partial charge >= 0.3 is 0 Å². The second kappa shape index (κ2) is 10.4. The number of hydrogen-bond donors (Lipinski definition) is 0. The maximum absolute atomic E-state index is 13.4. The van der Waals surface area contributed by atoms with Gasteiger partial charge in [-0.2, -0.15) is 5.26 Å². The highest BCUT2D eigenvalue weighted by Gasteiger charge is 2.36. The van der Waals surface area contributed by atoms with E-state index < -0.39 is 0 Å². The normalized spacial score (nSPS) is 15.8. The maximum Gasteiger partial charge on any atom is 0.270 e. The lowest BCUT2D eigenvalue weighted by atomic mass is 10.0. The molecule has 1 aliphatic rings. The first kappa shape index (κ1) is 24.7. The lowest BCUT2D eigenvalue weighted by Crippen LogP contribution is -2.34. The van der Waals surface area contributed by atoms with Gasteiger partial charge in [0, 0.05) is 25.2 Å². The molecule has 1 aromatic carbocycles. The molecule has 2 aromatic rings. The van der Waals surface area contributed by atoms with E-state index >= 15 is 0 Å². The number of hydrogen-bond acceptors (Lipinski definition) is 6. The second-order valence-electron chi connectivity index (χ2n) is 7.71. The molecule has 0 N–H and O–H groups in total. The number of carbonyl (C=O) groups excluding carboxylic acids is 1. The third kappa shape index (κ3) is 4.48. The van der Waals surface area contributed by atoms with E-state index in [1.807, 2.05) is 58.0 Å². The molecule has 1 fully saturated rings. The number of amides is 1. The predicted octanol–water partition coefficient (Wildman–Crippen LogP) is 4.86. The summed E-state index contributed by atoms with van der Waals surface area (Å²) in [6, 6.07) is 11.6. The van der Waals surface area contributed by atoms with Crippen LogP contribution in [0, 0.1) is 18.3 Å². The predicted molar refractivity (Wildman–Crippen MR) is 139 cm³/mol. The van der Waals surface area contributed by atoms with Gasteiger partial charge in [0.2, 0.25) is 0 Å². The second-order valence-corrected chi connectivity index (χ2v) is 9.38. The van der Waals surface area contributed by atoms with Crippen molar-refractivity contribution in [2.75, 3.05) is 18.0 Å². The maximum atomic E-state index is 13.4. The van der Waals surface area contributed by atoms with Crippen LogP contribution in [0.4, 0.5) is 5.82 Å². The molecule has 0 radical (unpaired) electrons. The number of thiocarbonyl (C=S) groups is 1. The molecule has 1 aliphatic heterocycles. The standard InChI is InChI=1S/C25H28N4O2S2/c1-6-27(7-2)22-19(16(4)20(15-26)23(30)28(22)8-3)14-21-24(31)29(25(32)33-21)17(5)18-12-10-9-11-13-18/h9-14,17H,6-8H2,1-5H3. The third-order valence-corrected chi connectivity index (χ3v) is 7.32. The summed E-state index contributed by atoms with van der Waals surface area (Å²) in [6.45, 7) is 11.5. The van der Waals surface area contributed by atoms with Crippen LogP contribution >= 0.6 is 24.0 Å². The number of nitrogens with zero attached hydrogens (tertiary/aromatic N) is 4. The van der Waals surface area contributed by atoms with Crippen LogP contribution in [0.25, 0.3) is 6.08 Å². The number of anilines is 1. The first-order valence-corrected chi connectivity index (χ1v) is 12.3. The number of rotatable bonds is 7. The van der Waals surface area contributed by atoms with Gasteiger partial charge in [-0.3, -0.25) is 19.1 Å². The van der Waals surface area contributed by atoms with Crippen molar-refractivity contribution < 1.29 is 4.79 Å². The zero-order chi connectivity index (χ0) is 24.3. The number of aromatic nitrogens is 1. The molecule has 0 bridgehead atoms. The summed E-state index contributed by atoms with van der Waals surface area (Å²) in [4.78, 5) is 30.7. The van der Waals surface area contributed by atoms with Gasteiger partial charge in [-0.1, -0.05) is 54.3 Å². The van der Waals surface area contributed by atoms with Crippen molar-refractivity contribution in [2.24, 2.45) is 0 Å². The Hall–Kier alpha value is -2.89. The summed E-state index contributed by atoms with van der Waals surface area (Å²) < 4.78 is 2.12. The highest BCUT2D eigenvalue weighted by molar-refractivity contribution is 8.26. The number of pyridine rings is 1. The fourth-order valence-electron chi connectivity index (χ4n) is 4.13. The van der Waals surface area contributed by atoms with E-state index in [0.717, 1.165) is 11.4 Å². The third-order valence-electron chi connectivity index (χ3n) is 5.99. The van der Waals surface area contributed by atoms with Crippen molar-refractivity contribution in [3.63, 3.8) is 0 Å². The molecule has 1 unspecified atom stereocenters. The topological polar surface area (TPSA) is 69.3 Å². The molecular formula is C25H28N4O2S2. The van der Waals surface area contributed by atoms with E-state index in [4.69, 9.17) is 12.2 Å². The Kier molecular flexibility index (Phi) is 7.77. The molecular weight excluding hydrogens is 452 g/mol. The summed E-state index contributed by atoms with van der Waals surface area (Å²) in [5.41, 5.74) is 2.09. The van der Waals surface area contributed by atoms with E-state index in [2.05, 4.69) is 11.0 Å². The van der Waals surface area contributed by atoms with Crippen LogP contribution < -0.4 is 10.5 Å². The van der Waals surface area contributed by atoms with Crippen LogP contribution in [0.3, 0.4) is 0 Å². The summed E-state index contributed by atoms with van der Waals surface area (Å²) in [6.07, 6.45) is 1.80. The van der Waals surface area contributed by atoms with Crippen LogP contribution in [0.1, 0.15) is 56.0 Å². The molecule has 8 heteroatoms. The molecule has 1 amide bonds. The van der Waals surface area contributed by atoms with Gasteiger partial charge in [0.1, 0.15) is 21.8 Å². The van der Waals surface area contributed by atoms with Gasteiger partial charge in [0.15, 0.2) is 0 Å². The zero-order valence-electron chi connectivity index (χ0n) is 19.6. The Labute approximate surface area is 204 Å². The van der Waals surface area contributed by atoms with Crippen LogP contribution in [-0.2, 0) is 11.3 Å². The fourth-order valence-corrected chi connectivity index (χ4v) is 5.53. The van der Waals surface area contributed by atoms with Gasteiger partial charge < -0.3 is 4.90 Å². The van der Waals surface area contributed by atoms with Crippen LogP contribution in [0.2, 0.25) is 0 Å². The summed E-state index contributed by atoms with van der Waals surface area (Å²) >= 11 is 6.83. The Bertz CT molecular complexity index is 1210. The molecule has 0 spiro atoms. The molecule has 172 valence electrons. The van der Waals surface area contributed by atoms with Crippen molar-refractivity contribution in [1.82, 2.24) is 9.47 Å². The molecule has 0 aliphatic carbocycles. The average molecular weight is 481 g/mol. The van der Waals surface area contributed by atoms with Crippen molar-refractivity contribution in [3.05, 3.63) is 67.8 Å². The van der Waals surface area contributed by atoms with Crippen molar-refractivity contribution >= 4 is 46.1 Å². The highest BCUT2D eigenvalue weighted by atomic mass is 32.2. The molecule has 33 heavy (non-hydrogen) atoms. The number of carbonyl (C=O) groups is 1. The minimum Gasteiger partial charge on any atom is -0.358 e. The molecule has 1 aromatic heterocycles. The molecule has 2 heterocycles. The van der Waals surface area contributed by atoms with Crippen molar-refractivity contribution in [1.29, 1.82) is 5.26 Å². The molecule has 6 nitrogen and oxygen atoms in total. The molecule has 3 rings (SSSR count). The van der Waals surface area contributed by atoms with Gasteiger partial charge in [0.25, 0.3) is 11.5 Å². The zero-order valence-corrected chi connectivity index (χ0v) is 21.2. The lowest BCUT2D eigenvalue weighted by molar-refractivity contribution is -0.123. The summed E-state index contributed by atoms with van der Waals surface area (Å²) in [5.74, 6) is 0.560. The van der Waals surface area contributed by atoms with Crippen LogP contribution in [0.15, 0.2) is 40.0 Å². The number of benzene rings is 1. The summed E-state index contributed by atoms with van der Waals surface area (Å²) in [5, 5.41) is 9.68. The van der Waals surface area contributed by atoms with Gasteiger partial charge in [-0.15, -0.1) is 0 Å². The van der Waals surface area contributed by atoms with Gasteiger partial charge in [-0.05, 0) is 51.8 Å². The Morgan fingerprint density at radius 1 is 1.18 bits per heavy atom. The van der Waals surface area contributed by atoms with E-state index in [1.165, 1.54) is 11.8 Å². The fraction of sp³-hybridized carbons (Fsp3) is 0.360. The minimum atomic E-state index is -0.304.